The van der Waals surface area contributed by atoms with Gasteiger partial charge in [-0.15, -0.1) is 10.3 Å². The van der Waals surface area contributed by atoms with Crippen LogP contribution in [0.4, 0.5) is 0 Å². The Morgan fingerprint density at radius 3 is 2.00 bits per heavy atom. The van der Waals surface area contributed by atoms with Gasteiger partial charge in [-0.25, -0.2) is 0 Å². The number of esters is 1. The molecule has 1 aliphatic heterocycles. The van der Waals surface area contributed by atoms with Crippen molar-refractivity contribution in [3.8, 4) is 0 Å². The van der Waals surface area contributed by atoms with Gasteiger partial charge in [-0.1, -0.05) is 0 Å². The van der Waals surface area contributed by atoms with E-state index < -0.39 is 11.1 Å². The molecule has 0 aromatic carbocycles. The number of hydrogen-bond donors (Lipinski definition) is 0. The van der Waals surface area contributed by atoms with Gasteiger partial charge in [0.1, 0.15) is 6.10 Å². The minimum Gasteiger partial charge on any atom is -0.462 e. The molecule has 0 spiro atoms. The van der Waals surface area contributed by atoms with Crippen LogP contribution in [0.1, 0.15) is 53.4 Å². The van der Waals surface area contributed by atoms with Crippen LogP contribution < -0.4 is 0 Å². The quantitative estimate of drug-likeness (QED) is 0.696. The summed E-state index contributed by atoms with van der Waals surface area (Å²) in [5, 5.41) is 13.3. The highest BCUT2D eigenvalue weighted by Gasteiger charge is 2.48. The third kappa shape index (κ3) is 2.63. The molecule has 17 heavy (non-hydrogen) atoms. The second-order valence-corrected chi connectivity index (χ2v) is 6.66. The molecular formula is C13H22NO3. The number of carbonyl (C=O) groups is 1. The summed E-state index contributed by atoms with van der Waals surface area (Å²) < 4.78 is 5.53. The van der Waals surface area contributed by atoms with Gasteiger partial charge < -0.3 is 4.74 Å². The molecule has 0 amide bonds. The molecule has 4 heteroatoms. The van der Waals surface area contributed by atoms with E-state index >= 15 is 0 Å². The highest BCUT2D eigenvalue weighted by atomic mass is 16.5. The molecule has 2 rings (SSSR count). The third-order valence-corrected chi connectivity index (χ3v) is 3.75. The molecule has 0 atom stereocenters. The number of hydroxylamine groups is 2. The van der Waals surface area contributed by atoms with Gasteiger partial charge in [-0.2, -0.15) is 0 Å². The molecule has 2 aliphatic rings. The van der Waals surface area contributed by atoms with Crippen LogP contribution in [-0.4, -0.2) is 28.2 Å². The van der Waals surface area contributed by atoms with Crippen LogP contribution in [-0.2, 0) is 14.7 Å². The fourth-order valence-electron chi connectivity index (χ4n) is 2.83. The van der Waals surface area contributed by atoms with Crippen molar-refractivity contribution < 1.29 is 14.7 Å². The third-order valence-electron chi connectivity index (χ3n) is 3.75. The van der Waals surface area contributed by atoms with Crippen LogP contribution in [0.5, 0.6) is 0 Å². The predicted octanol–water partition coefficient (Wildman–Crippen LogP) is 2.31. The Morgan fingerprint density at radius 2 is 1.59 bits per heavy atom. The van der Waals surface area contributed by atoms with E-state index in [1.165, 1.54) is 0 Å². The van der Waals surface area contributed by atoms with Gasteiger partial charge >= 0.3 is 5.97 Å². The van der Waals surface area contributed by atoms with Crippen LogP contribution >= 0.6 is 0 Å². The lowest BCUT2D eigenvalue weighted by atomic mass is 9.80. The summed E-state index contributed by atoms with van der Waals surface area (Å²) in [4.78, 5) is 11.7. The number of ether oxygens (including phenoxy) is 1. The summed E-state index contributed by atoms with van der Waals surface area (Å²) in [5.41, 5.74) is -0.924. The number of piperidine rings is 1. The molecular weight excluding hydrogens is 218 g/mol. The van der Waals surface area contributed by atoms with Gasteiger partial charge in [-0.3, -0.25) is 4.79 Å². The fraction of sp³-hybridized carbons (Fsp3) is 0.923. The van der Waals surface area contributed by atoms with Gasteiger partial charge in [0, 0.05) is 23.9 Å². The van der Waals surface area contributed by atoms with E-state index in [0.29, 0.717) is 12.8 Å². The maximum absolute atomic E-state index is 12.1. The van der Waals surface area contributed by atoms with Crippen LogP contribution in [0.3, 0.4) is 0 Å². The first kappa shape index (κ1) is 12.8. The van der Waals surface area contributed by atoms with Crippen molar-refractivity contribution in [2.75, 3.05) is 0 Å². The molecule has 0 aromatic heterocycles. The molecule has 4 nitrogen and oxygen atoms in total. The lowest BCUT2D eigenvalue weighted by Crippen LogP contribution is -2.60. The van der Waals surface area contributed by atoms with Crippen molar-refractivity contribution in [1.82, 2.24) is 5.06 Å². The van der Waals surface area contributed by atoms with Crippen LogP contribution in [0.25, 0.3) is 0 Å². The zero-order chi connectivity index (χ0) is 12.8. The smallest absolute Gasteiger partial charge is 0.309 e. The van der Waals surface area contributed by atoms with E-state index in [4.69, 9.17) is 4.74 Å². The second-order valence-electron chi connectivity index (χ2n) is 6.66. The monoisotopic (exact) mass is 240 g/mol. The molecule has 1 aliphatic carbocycles. The number of nitrogens with zero attached hydrogens (tertiary/aromatic N) is 1. The van der Waals surface area contributed by atoms with Crippen LogP contribution in [0.15, 0.2) is 0 Å². The molecule has 97 valence electrons. The van der Waals surface area contributed by atoms with Crippen molar-refractivity contribution in [2.24, 2.45) is 5.92 Å². The first-order chi connectivity index (χ1) is 7.72. The zero-order valence-corrected chi connectivity index (χ0v) is 11.2. The van der Waals surface area contributed by atoms with Gasteiger partial charge in [0.2, 0.25) is 0 Å². The largest absolute Gasteiger partial charge is 0.462 e. The molecule has 1 radical (unpaired) electrons. The number of rotatable bonds is 2. The van der Waals surface area contributed by atoms with Crippen LogP contribution in [0, 0.1) is 5.92 Å². The lowest BCUT2D eigenvalue weighted by molar-refractivity contribution is -0.299. The van der Waals surface area contributed by atoms with Crippen molar-refractivity contribution in [2.45, 2.75) is 70.6 Å². The standard InChI is InChI=1S/C13H22NO3/c1-12(2)7-10(8-13(3,4)14(12)16)17-11(15)9-5-6-9/h9-10H,5-8H2,1-4H3. The maximum Gasteiger partial charge on any atom is 0.309 e. The highest BCUT2D eigenvalue weighted by molar-refractivity contribution is 5.75. The van der Waals surface area contributed by atoms with Gasteiger partial charge in [-0.05, 0) is 40.5 Å². The summed E-state index contributed by atoms with van der Waals surface area (Å²) in [6.07, 6.45) is 3.06. The summed E-state index contributed by atoms with van der Waals surface area (Å²) in [6, 6.07) is 0. The Hall–Kier alpha value is -0.610. The highest BCUT2D eigenvalue weighted by Crippen LogP contribution is 2.39. The average Bonchev–Trinajstić information content (AvgIpc) is 2.95. The topological polar surface area (TPSA) is 49.4 Å². The van der Waals surface area contributed by atoms with E-state index in [1.807, 2.05) is 27.7 Å². The molecule has 0 unspecified atom stereocenters. The van der Waals surface area contributed by atoms with E-state index in [-0.39, 0.29) is 18.0 Å². The van der Waals surface area contributed by atoms with Crippen LogP contribution in [0.2, 0.25) is 0 Å². The first-order valence-electron chi connectivity index (χ1n) is 6.40. The minimum absolute atomic E-state index is 0.0686. The Bertz CT molecular complexity index is 303. The molecule has 1 saturated heterocycles. The van der Waals surface area contributed by atoms with Gasteiger partial charge in [0.05, 0.1) is 5.92 Å². The minimum atomic E-state index is -0.462. The normalized spacial score (nSPS) is 29.0. The summed E-state index contributed by atoms with van der Waals surface area (Å²) in [5.74, 6) is 0.0625. The Morgan fingerprint density at radius 1 is 1.12 bits per heavy atom. The molecule has 0 N–H and O–H groups in total. The molecule has 1 saturated carbocycles. The van der Waals surface area contributed by atoms with Crippen molar-refractivity contribution in [3.05, 3.63) is 0 Å². The van der Waals surface area contributed by atoms with Crippen molar-refractivity contribution in [3.63, 3.8) is 0 Å². The fourth-order valence-corrected chi connectivity index (χ4v) is 2.83. The van der Waals surface area contributed by atoms with E-state index in [9.17, 15) is 10.0 Å². The SMILES string of the molecule is CC1(C)CC(OC(=O)C2CC2)CC(C)(C)N1[O]. The Labute approximate surface area is 103 Å². The maximum atomic E-state index is 12.1. The lowest BCUT2D eigenvalue weighted by Gasteiger charge is -2.49. The van der Waals surface area contributed by atoms with Crippen molar-refractivity contribution >= 4 is 5.97 Å². The average molecular weight is 240 g/mol. The summed E-state index contributed by atoms with van der Waals surface area (Å²) in [7, 11) is 0. The molecule has 2 fully saturated rings. The van der Waals surface area contributed by atoms with E-state index in [1.54, 1.807) is 0 Å². The molecule has 0 bridgehead atoms. The van der Waals surface area contributed by atoms with Gasteiger partial charge in [0.15, 0.2) is 0 Å². The Kier molecular flexibility index (Phi) is 2.99. The number of carbonyl (C=O) groups excluding carboxylic acids is 1. The summed E-state index contributed by atoms with van der Waals surface area (Å²) in [6.45, 7) is 7.66. The molecule has 0 aromatic rings. The Balaban J connectivity index is 2.02. The van der Waals surface area contributed by atoms with E-state index in [0.717, 1.165) is 17.9 Å². The zero-order valence-electron chi connectivity index (χ0n) is 11.2. The summed E-state index contributed by atoms with van der Waals surface area (Å²) >= 11 is 0. The van der Waals surface area contributed by atoms with Crippen molar-refractivity contribution in [1.29, 1.82) is 0 Å². The van der Waals surface area contributed by atoms with E-state index in [2.05, 4.69) is 0 Å². The molecule has 1 heterocycles. The first-order valence-corrected chi connectivity index (χ1v) is 6.40. The van der Waals surface area contributed by atoms with Gasteiger partial charge in [0.25, 0.3) is 0 Å². The second kappa shape index (κ2) is 3.95. The predicted molar refractivity (Wildman–Crippen MR) is 62.5 cm³/mol. The number of hydrogen-bond acceptors (Lipinski definition) is 3.